The maximum Gasteiger partial charge on any atom is 0.309 e. The van der Waals surface area contributed by atoms with Crippen molar-refractivity contribution >= 4 is 52.2 Å². The minimum absolute atomic E-state index is 0.0546. The summed E-state index contributed by atoms with van der Waals surface area (Å²) in [6.45, 7) is 17.3. The van der Waals surface area contributed by atoms with Gasteiger partial charge in [0.15, 0.2) is 0 Å². The average Bonchev–Trinajstić information content (AvgIpc) is 3.33. The number of aliphatic carboxylic acids is 1. The van der Waals surface area contributed by atoms with Crippen molar-refractivity contribution < 1.29 is 9.90 Å². The van der Waals surface area contributed by atoms with Gasteiger partial charge in [0.1, 0.15) is 0 Å². The Bertz CT molecular complexity index is 1340. The number of carboxylic acids is 1. The van der Waals surface area contributed by atoms with Crippen molar-refractivity contribution in [1.29, 1.82) is 0 Å². The van der Waals surface area contributed by atoms with Crippen LogP contribution < -0.4 is 5.43 Å². The van der Waals surface area contributed by atoms with Crippen LogP contribution in [0.4, 0.5) is 5.69 Å². The molecule has 5 saturated carbocycles. The van der Waals surface area contributed by atoms with Crippen molar-refractivity contribution in [1.82, 2.24) is 0 Å². The van der Waals surface area contributed by atoms with Crippen molar-refractivity contribution in [2.24, 2.45) is 67.7 Å². The molecule has 43 heavy (non-hydrogen) atoms. The molecule has 238 valence electrons. The summed E-state index contributed by atoms with van der Waals surface area (Å²) >= 11 is 18.9. The number of hydrazone groups is 1. The van der Waals surface area contributed by atoms with Gasteiger partial charge in [0.2, 0.25) is 0 Å². The summed E-state index contributed by atoms with van der Waals surface area (Å²) in [5, 5.41) is 17.0. The zero-order valence-corrected chi connectivity index (χ0v) is 29.4. The predicted octanol–water partition coefficient (Wildman–Crippen LogP) is 11.2. The van der Waals surface area contributed by atoms with Crippen LogP contribution >= 0.6 is 34.8 Å². The number of halogens is 3. The Labute approximate surface area is 274 Å². The summed E-state index contributed by atoms with van der Waals surface area (Å²) in [6.07, 6.45) is 10.8. The first-order chi connectivity index (χ1) is 20.0. The van der Waals surface area contributed by atoms with Crippen LogP contribution in [0.5, 0.6) is 0 Å². The van der Waals surface area contributed by atoms with E-state index in [4.69, 9.17) is 39.9 Å². The van der Waals surface area contributed by atoms with Crippen molar-refractivity contribution in [2.45, 2.75) is 113 Å². The Hall–Kier alpha value is -0.970. The highest BCUT2D eigenvalue weighted by Gasteiger charge is 2.72. The minimum atomic E-state index is -0.512. The molecule has 1 aromatic carbocycles. The topological polar surface area (TPSA) is 61.7 Å². The molecule has 0 amide bonds. The standard InChI is InChI=1S/C36H51Cl3N2O2/c1-20(2)21-10-15-36(31(42)43)17-16-34(6)22(30(21)36)8-9-28-33(5)13-12-29(32(3,4)27(33)11-14-35(28,34)7)41-40-26-19-24(38)23(37)18-25(26)39/h18-22,27-28,30,40H,8-17H2,1-7H3,(H,42,43)/b41-29+/t21-,22?,27-,28+,30+,33-,34+,35+,36?/m0/s1. The Morgan fingerprint density at radius 2 is 1.56 bits per heavy atom. The first-order valence-corrected chi connectivity index (χ1v) is 17.9. The van der Waals surface area contributed by atoms with E-state index in [0.717, 1.165) is 38.5 Å². The van der Waals surface area contributed by atoms with Gasteiger partial charge in [0, 0.05) is 11.1 Å². The number of carboxylic acid groups (broad SMARTS) is 1. The molecule has 0 aromatic heterocycles. The molecule has 5 fully saturated rings. The Morgan fingerprint density at radius 1 is 0.860 bits per heavy atom. The molecule has 6 rings (SSSR count). The number of hydrogen-bond donors (Lipinski definition) is 2. The van der Waals surface area contributed by atoms with Crippen LogP contribution in [0.1, 0.15) is 113 Å². The minimum Gasteiger partial charge on any atom is -0.481 e. The molecule has 0 heterocycles. The summed E-state index contributed by atoms with van der Waals surface area (Å²) in [4.78, 5) is 13.0. The van der Waals surface area contributed by atoms with E-state index in [0.29, 0.717) is 56.3 Å². The molecule has 5 aliphatic carbocycles. The van der Waals surface area contributed by atoms with Crippen molar-refractivity contribution in [3.63, 3.8) is 0 Å². The molecule has 5 aliphatic rings. The Kier molecular flexibility index (Phi) is 7.83. The number of benzene rings is 1. The van der Waals surface area contributed by atoms with Gasteiger partial charge >= 0.3 is 5.97 Å². The van der Waals surface area contributed by atoms with Gasteiger partial charge in [-0.1, -0.05) is 83.3 Å². The summed E-state index contributed by atoms with van der Waals surface area (Å²) in [5.41, 5.74) is 5.16. The third-order valence-electron chi connectivity index (χ3n) is 14.9. The molecule has 2 unspecified atom stereocenters. The van der Waals surface area contributed by atoms with Crippen LogP contribution in [0.3, 0.4) is 0 Å². The van der Waals surface area contributed by atoms with Crippen LogP contribution in [-0.2, 0) is 4.79 Å². The molecule has 0 spiro atoms. The number of nitrogens with one attached hydrogen (secondary N) is 1. The number of anilines is 1. The van der Waals surface area contributed by atoms with Gasteiger partial charge in [-0.05, 0) is 128 Å². The monoisotopic (exact) mass is 648 g/mol. The Morgan fingerprint density at radius 3 is 2.23 bits per heavy atom. The fourth-order valence-corrected chi connectivity index (χ4v) is 13.1. The molecule has 7 heteroatoms. The second-order valence-electron chi connectivity index (χ2n) is 16.7. The van der Waals surface area contributed by atoms with Gasteiger partial charge in [-0.15, -0.1) is 0 Å². The second-order valence-corrected chi connectivity index (χ2v) is 18.0. The summed E-state index contributed by atoms with van der Waals surface area (Å²) in [7, 11) is 0. The highest BCUT2D eigenvalue weighted by Crippen LogP contribution is 2.77. The molecular weight excluding hydrogens is 599 g/mol. The summed E-state index contributed by atoms with van der Waals surface area (Å²) in [6, 6.07) is 3.41. The molecule has 4 nitrogen and oxygen atoms in total. The first kappa shape index (κ1) is 32.0. The molecule has 0 aliphatic heterocycles. The lowest BCUT2D eigenvalue weighted by Crippen LogP contribution is -2.66. The van der Waals surface area contributed by atoms with Gasteiger partial charge in [-0.2, -0.15) is 5.10 Å². The number of rotatable bonds is 4. The van der Waals surface area contributed by atoms with Crippen molar-refractivity contribution in [2.75, 3.05) is 5.43 Å². The zero-order chi connectivity index (χ0) is 31.3. The summed E-state index contributed by atoms with van der Waals surface area (Å²) < 4.78 is 0. The maximum absolute atomic E-state index is 13.0. The van der Waals surface area contributed by atoms with Crippen LogP contribution in [0, 0.1) is 62.6 Å². The van der Waals surface area contributed by atoms with E-state index in [1.165, 1.54) is 31.4 Å². The van der Waals surface area contributed by atoms with E-state index in [-0.39, 0.29) is 21.7 Å². The fraction of sp³-hybridized carbons (Fsp3) is 0.778. The van der Waals surface area contributed by atoms with Crippen LogP contribution in [-0.4, -0.2) is 16.8 Å². The molecule has 0 radical (unpaired) electrons. The fourth-order valence-electron chi connectivity index (χ4n) is 12.5. The lowest BCUT2D eigenvalue weighted by Gasteiger charge is -2.72. The van der Waals surface area contributed by atoms with Gasteiger partial charge in [0.25, 0.3) is 0 Å². The molecular formula is C36H51Cl3N2O2. The highest BCUT2D eigenvalue weighted by atomic mass is 35.5. The number of carbonyl (C=O) groups is 1. The maximum atomic E-state index is 13.0. The van der Waals surface area contributed by atoms with Crippen LogP contribution in [0.15, 0.2) is 17.2 Å². The average molecular weight is 650 g/mol. The molecule has 2 N–H and O–H groups in total. The molecule has 1 aromatic rings. The number of hydrogen-bond acceptors (Lipinski definition) is 3. The highest BCUT2D eigenvalue weighted by molar-refractivity contribution is 6.44. The molecule has 0 saturated heterocycles. The quantitative estimate of drug-likeness (QED) is 0.252. The van der Waals surface area contributed by atoms with Crippen molar-refractivity contribution in [3.05, 3.63) is 27.2 Å². The number of fused-ring (bicyclic) bond motifs is 7. The third kappa shape index (κ3) is 4.41. The third-order valence-corrected chi connectivity index (χ3v) is 15.9. The zero-order valence-electron chi connectivity index (χ0n) is 27.1. The van der Waals surface area contributed by atoms with Gasteiger partial charge in [-0.25, -0.2) is 0 Å². The lowest BCUT2D eigenvalue weighted by molar-refractivity contribution is -0.232. The molecule has 0 bridgehead atoms. The number of nitrogens with zero attached hydrogens (tertiary/aromatic N) is 1. The largest absolute Gasteiger partial charge is 0.481 e. The summed E-state index contributed by atoms with van der Waals surface area (Å²) in [5.74, 6) is 2.54. The smallest absolute Gasteiger partial charge is 0.309 e. The predicted molar refractivity (Wildman–Crippen MR) is 179 cm³/mol. The van der Waals surface area contributed by atoms with Gasteiger partial charge in [0.05, 0.1) is 26.2 Å². The second kappa shape index (κ2) is 10.5. The van der Waals surface area contributed by atoms with E-state index in [2.05, 4.69) is 53.9 Å². The van der Waals surface area contributed by atoms with E-state index in [9.17, 15) is 9.90 Å². The SMILES string of the molecule is CC(C)[C@@H]1CCC2(C(=O)O)CC[C@]3(C)C(CC[C@@H]4[C@@]5(C)CC/C(=N\Nc6cc(Cl)c(Cl)cc6Cl)C(C)(C)[C@@H]5CC[C@]43C)[C@@H]12. The van der Waals surface area contributed by atoms with Crippen molar-refractivity contribution in [3.8, 4) is 0 Å². The van der Waals surface area contributed by atoms with Gasteiger partial charge < -0.3 is 5.11 Å². The Balaban J connectivity index is 1.30. The van der Waals surface area contributed by atoms with E-state index in [1.54, 1.807) is 12.1 Å². The van der Waals surface area contributed by atoms with Gasteiger partial charge in [-0.3, -0.25) is 10.2 Å². The first-order valence-electron chi connectivity index (χ1n) is 16.7. The van der Waals surface area contributed by atoms with E-state index >= 15 is 0 Å². The van der Waals surface area contributed by atoms with E-state index in [1.807, 2.05) is 0 Å². The van der Waals surface area contributed by atoms with E-state index < -0.39 is 11.4 Å². The van der Waals surface area contributed by atoms with Crippen LogP contribution in [0.25, 0.3) is 0 Å². The normalized spacial score (nSPS) is 44.3. The molecule has 9 atom stereocenters. The van der Waals surface area contributed by atoms with Crippen LogP contribution in [0.2, 0.25) is 15.1 Å². The lowest BCUT2D eigenvalue weighted by atomic mass is 9.32.